The van der Waals surface area contributed by atoms with Gasteiger partial charge in [0.1, 0.15) is 5.75 Å². The molecule has 0 bridgehead atoms. The molecule has 1 aromatic heterocycles. The summed E-state index contributed by atoms with van der Waals surface area (Å²) in [6.07, 6.45) is 2.53. The Morgan fingerprint density at radius 1 is 1.39 bits per heavy atom. The van der Waals surface area contributed by atoms with Crippen molar-refractivity contribution in [3.05, 3.63) is 46.7 Å². The molecule has 1 aromatic carbocycles. The molecule has 0 aliphatic heterocycles. The zero-order valence-corrected chi connectivity index (χ0v) is 10.9. The Bertz CT molecular complexity index is 525. The molecular weight excluding hydrogens is 252 g/mol. The number of aliphatic hydroxyl groups excluding tert-OH is 1. The van der Waals surface area contributed by atoms with E-state index in [0.29, 0.717) is 17.4 Å². The Kier molecular flexibility index (Phi) is 4.23. The Labute approximate surface area is 111 Å². The molecule has 0 radical (unpaired) electrons. The number of benzene rings is 1. The minimum atomic E-state index is -0.0188. The lowest BCUT2D eigenvalue weighted by atomic mass is 10.2. The lowest BCUT2D eigenvalue weighted by molar-refractivity contribution is 0.281. The molecule has 0 saturated carbocycles. The van der Waals surface area contributed by atoms with Crippen molar-refractivity contribution < 1.29 is 9.84 Å². The first-order valence-corrected chi connectivity index (χ1v) is 6.07. The predicted octanol–water partition coefficient (Wildman–Crippen LogP) is 2.19. The van der Waals surface area contributed by atoms with E-state index in [1.54, 1.807) is 24.4 Å². The van der Waals surface area contributed by atoms with Crippen LogP contribution in [0.25, 0.3) is 0 Å². The first-order valence-electron chi connectivity index (χ1n) is 5.69. The molecule has 96 valence electrons. The number of nitrogens with zero attached hydrogens (tertiary/aromatic N) is 2. The standard InChI is InChI=1S/C13H15ClN2O2/c1-16-11(4-6-15-16)5-7-18-13-3-2-10(9-17)8-12(13)14/h2-4,6,8,17H,5,7,9H2,1H3. The Hall–Kier alpha value is -1.52. The van der Waals surface area contributed by atoms with Gasteiger partial charge in [-0.25, -0.2) is 0 Å². The zero-order chi connectivity index (χ0) is 13.0. The van der Waals surface area contributed by atoms with E-state index in [9.17, 15) is 0 Å². The molecule has 0 saturated heterocycles. The van der Waals surface area contributed by atoms with Gasteiger partial charge < -0.3 is 9.84 Å². The van der Waals surface area contributed by atoms with Crippen LogP contribution in [0.2, 0.25) is 5.02 Å². The van der Waals surface area contributed by atoms with Crippen LogP contribution in [0.15, 0.2) is 30.5 Å². The SMILES string of the molecule is Cn1nccc1CCOc1ccc(CO)cc1Cl. The summed E-state index contributed by atoms with van der Waals surface area (Å²) in [6.45, 7) is 0.521. The van der Waals surface area contributed by atoms with Crippen molar-refractivity contribution >= 4 is 11.6 Å². The van der Waals surface area contributed by atoms with Crippen LogP contribution < -0.4 is 4.74 Å². The molecule has 0 aliphatic carbocycles. The maximum atomic E-state index is 8.98. The molecule has 0 aliphatic rings. The van der Waals surface area contributed by atoms with Crippen LogP contribution in [-0.2, 0) is 20.1 Å². The number of aryl methyl sites for hydroxylation is 1. The van der Waals surface area contributed by atoms with E-state index >= 15 is 0 Å². The van der Waals surface area contributed by atoms with E-state index in [-0.39, 0.29) is 6.61 Å². The fourth-order valence-electron chi connectivity index (χ4n) is 1.67. The second kappa shape index (κ2) is 5.89. The summed E-state index contributed by atoms with van der Waals surface area (Å²) in [5.41, 5.74) is 1.89. The molecular formula is C13H15ClN2O2. The van der Waals surface area contributed by atoms with Gasteiger partial charge in [-0.3, -0.25) is 4.68 Å². The van der Waals surface area contributed by atoms with E-state index in [4.69, 9.17) is 21.4 Å². The van der Waals surface area contributed by atoms with Crippen LogP contribution in [0.5, 0.6) is 5.75 Å². The fraction of sp³-hybridized carbons (Fsp3) is 0.308. The Morgan fingerprint density at radius 2 is 2.22 bits per heavy atom. The highest BCUT2D eigenvalue weighted by Gasteiger charge is 2.04. The molecule has 2 aromatic rings. The summed E-state index contributed by atoms with van der Waals surface area (Å²) in [4.78, 5) is 0. The van der Waals surface area contributed by atoms with Crippen molar-refractivity contribution in [2.75, 3.05) is 6.61 Å². The quantitative estimate of drug-likeness (QED) is 0.902. The van der Waals surface area contributed by atoms with Gasteiger partial charge in [0.05, 0.1) is 18.2 Å². The average Bonchev–Trinajstić information content (AvgIpc) is 2.77. The van der Waals surface area contributed by atoms with Gasteiger partial charge in [-0.15, -0.1) is 0 Å². The largest absolute Gasteiger partial charge is 0.492 e. The predicted molar refractivity (Wildman–Crippen MR) is 69.8 cm³/mol. The topological polar surface area (TPSA) is 47.3 Å². The van der Waals surface area contributed by atoms with Crippen LogP contribution in [0.3, 0.4) is 0 Å². The third-order valence-corrected chi connectivity index (χ3v) is 3.01. The minimum Gasteiger partial charge on any atom is -0.492 e. The van der Waals surface area contributed by atoms with Crippen molar-refractivity contribution in [2.24, 2.45) is 7.05 Å². The first kappa shape index (κ1) is 12.9. The molecule has 2 rings (SSSR count). The van der Waals surface area contributed by atoms with Crippen molar-refractivity contribution in [3.8, 4) is 5.75 Å². The van der Waals surface area contributed by atoms with E-state index in [1.807, 2.05) is 17.8 Å². The zero-order valence-electron chi connectivity index (χ0n) is 10.1. The number of rotatable bonds is 5. The first-order chi connectivity index (χ1) is 8.70. The molecule has 0 atom stereocenters. The lowest BCUT2D eigenvalue weighted by Gasteiger charge is -2.09. The summed E-state index contributed by atoms with van der Waals surface area (Å²) < 4.78 is 7.43. The van der Waals surface area contributed by atoms with E-state index in [0.717, 1.165) is 17.7 Å². The van der Waals surface area contributed by atoms with E-state index in [2.05, 4.69) is 5.10 Å². The number of hydrogen-bond acceptors (Lipinski definition) is 3. The molecule has 1 N–H and O–H groups in total. The minimum absolute atomic E-state index is 0.0188. The van der Waals surface area contributed by atoms with Crippen molar-refractivity contribution in [3.63, 3.8) is 0 Å². The highest BCUT2D eigenvalue weighted by Crippen LogP contribution is 2.25. The van der Waals surface area contributed by atoms with E-state index in [1.165, 1.54) is 0 Å². The second-order valence-electron chi connectivity index (χ2n) is 3.97. The van der Waals surface area contributed by atoms with Gasteiger partial charge in [-0.05, 0) is 23.8 Å². The van der Waals surface area contributed by atoms with Crippen LogP contribution in [-0.4, -0.2) is 21.5 Å². The van der Waals surface area contributed by atoms with Crippen molar-refractivity contribution in [2.45, 2.75) is 13.0 Å². The highest BCUT2D eigenvalue weighted by molar-refractivity contribution is 6.32. The third kappa shape index (κ3) is 3.03. The Balaban J connectivity index is 1.92. The molecule has 5 heteroatoms. The van der Waals surface area contributed by atoms with Gasteiger partial charge in [0.15, 0.2) is 0 Å². The van der Waals surface area contributed by atoms with Crippen molar-refractivity contribution in [1.82, 2.24) is 9.78 Å². The van der Waals surface area contributed by atoms with Crippen LogP contribution in [0.1, 0.15) is 11.3 Å². The summed E-state index contributed by atoms with van der Waals surface area (Å²) in [6, 6.07) is 7.24. The van der Waals surface area contributed by atoms with Gasteiger partial charge in [0, 0.05) is 25.4 Å². The summed E-state index contributed by atoms with van der Waals surface area (Å²) in [7, 11) is 1.90. The normalized spacial score (nSPS) is 10.6. The lowest BCUT2D eigenvalue weighted by Crippen LogP contribution is -2.06. The number of aliphatic hydroxyl groups is 1. The summed E-state index contributed by atoms with van der Waals surface area (Å²) in [5, 5.41) is 13.6. The van der Waals surface area contributed by atoms with Crippen LogP contribution in [0, 0.1) is 0 Å². The smallest absolute Gasteiger partial charge is 0.137 e. The summed E-state index contributed by atoms with van der Waals surface area (Å²) in [5.74, 6) is 0.635. The molecule has 0 amide bonds. The average molecular weight is 267 g/mol. The van der Waals surface area contributed by atoms with Crippen LogP contribution >= 0.6 is 11.6 Å². The third-order valence-electron chi connectivity index (χ3n) is 2.72. The molecule has 0 fully saturated rings. The Morgan fingerprint density at radius 3 is 2.83 bits per heavy atom. The number of ether oxygens (including phenoxy) is 1. The van der Waals surface area contributed by atoms with Gasteiger partial charge in [0.25, 0.3) is 0 Å². The number of hydrogen-bond donors (Lipinski definition) is 1. The molecule has 4 nitrogen and oxygen atoms in total. The second-order valence-corrected chi connectivity index (χ2v) is 4.37. The maximum absolute atomic E-state index is 8.98. The van der Waals surface area contributed by atoms with Gasteiger partial charge in [-0.1, -0.05) is 17.7 Å². The van der Waals surface area contributed by atoms with Crippen molar-refractivity contribution in [1.29, 1.82) is 0 Å². The van der Waals surface area contributed by atoms with E-state index < -0.39 is 0 Å². The maximum Gasteiger partial charge on any atom is 0.137 e. The van der Waals surface area contributed by atoms with Gasteiger partial charge >= 0.3 is 0 Å². The van der Waals surface area contributed by atoms with Crippen LogP contribution in [0.4, 0.5) is 0 Å². The number of aromatic nitrogens is 2. The number of halogens is 1. The molecule has 18 heavy (non-hydrogen) atoms. The molecule has 0 spiro atoms. The molecule has 1 heterocycles. The van der Waals surface area contributed by atoms with Gasteiger partial charge in [0.2, 0.25) is 0 Å². The monoisotopic (exact) mass is 266 g/mol. The highest BCUT2D eigenvalue weighted by atomic mass is 35.5. The molecule has 0 unspecified atom stereocenters. The fourth-order valence-corrected chi connectivity index (χ4v) is 1.93. The summed E-state index contributed by atoms with van der Waals surface area (Å²) >= 11 is 6.05. The van der Waals surface area contributed by atoms with Gasteiger partial charge in [-0.2, -0.15) is 5.10 Å².